The first-order valence-corrected chi connectivity index (χ1v) is 3.60. The van der Waals surface area contributed by atoms with Gasteiger partial charge in [0.15, 0.2) is 0 Å². The highest BCUT2D eigenvalue weighted by molar-refractivity contribution is 7.04. The Bertz CT molecular complexity index is 322. The van der Waals surface area contributed by atoms with E-state index in [-0.39, 0.29) is 11.5 Å². The molecule has 0 saturated heterocycles. The average Bonchev–Trinajstić information content (AvgIpc) is 2.33. The van der Waals surface area contributed by atoms with E-state index in [0.717, 1.165) is 11.5 Å². The van der Waals surface area contributed by atoms with Crippen LogP contribution in [0.25, 0.3) is 0 Å². The predicted octanol–water partition coefficient (Wildman–Crippen LogP) is 0.542. The molecule has 0 spiro atoms. The number of hydrogen-bond donors (Lipinski definition) is 2. The number of anilines is 1. The minimum atomic E-state index is -0.871. The Morgan fingerprint density at radius 3 is 3.00 bits per heavy atom. The summed E-state index contributed by atoms with van der Waals surface area (Å²) >= 11 is 0.875. The molecule has 0 bridgehead atoms. The molecule has 1 aromatic heterocycles. The van der Waals surface area contributed by atoms with E-state index in [1.165, 1.54) is 5.38 Å². The molecule has 7 nitrogen and oxygen atoms in total. The molecule has 3 N–H and O–H groups in total. The van der Waals surface area contributed by atoms with Crippen LogP contribution in [0.4, 0.5) is 16.3 Å². The monoisotopic (exact) mass is 188 g/mol. The molecule has 0 radical (unpaired) electrons. The zero-order valence-corrected chi connectivity index (χ0v) is 6.50. The van der Waals surface area contributed by atoms with Gasteiger partial charge in [-0.3, -0.25) is 15.4 Å². The Labute approximate surface area is 70.5 Å². The predicted molar refractivity (Wildman–Crippen MR) is 42.0 cm³/mol. The second-order valence-corrected chi connectivity index (χ2v) is 2.42. The van der Waals surface area contributed by atoms with E-state index in [2.05, 4.69) is 4.37 Å². The van der Waals surface area contributed by atoms with Gasteiger partial charge in [0.05, 0.1) is 10.3 Å². The Morgan fingerprint density at radius 2 is 2.50 bits per heavy atom. The fraction of sp³-hybridized carbons (Fsp3) is 0. The number of nitrogens with one attached hydrogen (secondary N) is 1. The maximum absolute atomic E-state index is 10.3. The molecular formula is C4H4N4O3S. The number of nitrogens with two attached hydrogens (primary N) is 1. The third kappa shape index (κ3) is 1.66. The van der Waals surface area contributed by atoms with Crippen LogP contribution in [0.5, 0.6) is 0 Å². The third-order valence-electron chi connectivity index (χ3n) is 0.989. The lowest BCUT2D eigenvalue weighted by Gasteiger charge is -1.93. The molecular weight excluding hydrogens is 184 g/mol. The molecule has 2 amide bonds. The molecule has 0 aliphatic heterocycles. The van der Waals surface area contributed by atoms with Crippen LogP contribution in [0.1, 0.15) is 0 Å². The zero-order chi connectivity index (χ0) is 9.14. The van der Waals surface area contributed by atoms with Crippen molar-refractivity contribution < 1.29 is 9.72 Å². The standard InChI is InChI=1S/C4H4N4O3S/c5-4(9)6-3-2(8(10)11)1-12-7-3/h1H,(H3,5,6,7,9). The summed E-state index contributed by atoms with van der Waals surface area (Å²) in [6, 6.07) is -0.871. The summed E-state index contributed by atoms with van der Waals surface area (Å²) in [5, 5.41) is 13.5. The number of hydrogen-bond acceptors (Lipinski definition) is 5. The summed E-state index contributed by atoms with van der Waals surface area (Å²) in [5.74, 6) is -0.113. The molecule has 0 aliphatic carbocycles. The van der Waals surface area contributed by atoms with E-state index in [1.807, 2.05) is 5.32 Å². The maximum atomic E-state index is 10.3. The first-order chi connectivity index (χ1) is 5.61. The quantitative estimate of drug-likeness (QED) is 0.521. The van der Waals surface area contributed by atoms with Crippen molar-refractivity contribution in [1.29, 1.82) is 0 Å². The van der Waals surface area contributed by atoms with Gasteiger partial charge in [-0.25, -0.2) is 4.79 Å². The van der Waals surface area contributed by atoms with E-state index in [1.54, 1.807) is 0 Å². The largest absolute Gasteiger partial charge is 0.351 e. The Kier molecular flexibility index (Phi) is 2.19. The summed E-state index contributed by atoms with van der Waals surface area (Å²) in [6.07, 6.45) is 0. The van der Waals surface area contributed by atoms with Crippen molar-refractivity contribution in [1.82, 2.24) is 4.37 Å². The van der Waals surface area contributed by atoms with Crippen molar-refractivity contribution in [2.45, 2.75) is 0 Å². The molecule has 1 heterocycles. The smallest absolute Gasteiger partial charge is 0.324 e. The summed E-state index contributed by atoms with van der Waals surface area (Å²) in [5.41, 5.74) is 4.49. The number of carbonyl (C=O) groups is 1. The number of rotatable bonds is 2. The van der Waals surface area contributed by atoms with E-state index < -0.39 is 11.0 Å². The molecule has 0 unspecified atom stereocenters. The van der Waals surface area contributed by atoms with Crippen molar-refractivity contribution in [3.63, 3.8) is 0 Å². The van der Waals surface area contributed by atoms with Gasteiger partial charge in [0.2, 0.25) is 5.82 Å². The number of nitrogens with zero attached hydrogens (tertiary/aromatic N) is 2. The molecule has 0 saturated carbocycles. The van der Waals surface area contributed by atoms with E-state index >= 15 is 0 Å². The van der Waals surface area contributed by atoms with Gasteiger partial charge >= 0.3 is 11.7 Å². The molecule has 1 aromatic rings. The second kappa shape index (κ2) is 3.13. The minimum Gasteiger partial charge on any atom is -0.351 e. The number of aromatic nitrogens is 1. The Hall–Kier alpha value is -1.70. The summed E-state index contributed by atoms with van der Waals surface area (Å²) in [6.45, 7) is 0. The summed E-state index contributed by atoms with van der Waals surface area (Å²) < 4.78 is 3.57. The number of nitro groups is 1. The lowest BCUT2D eigenvalue weighted by atomic mass is 10.5. The average molecular weight is 188 g/mol. The molecule has 8 heteroatoms. The molecule has 1 rings (SSSR count). The first kappa shape index (κ1) is 8.40. The third-order valence-corrected chi connectivity index (χ3v) is 1.61. The SMILES string of the molecule is NC(=O)Nc1nscc1[N+](=O)[O-]. The van der Waals surface area contributed by atoms with Gasteiger partial charge in [-0.2, -0.15) is 4.37 Å². The van der Waals surface area contributed by atoms with Crippen LogP contribution in [0.15, 0.2) is 5.38 Å². The number of urea groups is 1. The van der Waals surface area contributed by atoms with Crippen molar-refractivity contribution >= 4 is 29.1 Å². The molecule has 0 atom stereocenters. The lowest BCUT2D eigenvalue weighted by Crippen LogP contribution is -2.19. The van der Waals surface area contributed by atoms with Gasteiger partial charge in [-0.15, -0.1) is 0 Å². The number of carbonyl (C=O) groups excluding carboxylic acids is 1. The fourth-order valence-corrected chi connectivity index (χ4v) is 1.16. The van der Waals surface area contributed by atoms with Gasteiger partial charge < -0.3 is 5.73 Å². The molecule has 0 fully saturated rings. The van der Waals surface area contributed by atoms with Crippen LogP contribution in [0.2, 0.25) is 0 Å². The lowest BCUT2D eigenvalue weighted by molar-refractivity contribution is -0.383. The van der Waals surface area contributed by atoms with Gasteiger partial charge in [0.25, 0.3) is 0 Å². The summed E-state index contributed by atoms with van der Waals surface area (Å²) in [4.78, 5) is 19.9. The van der Waals surface area contributed by atoms with Crippen molar-refractivity contribution in [2.24, 2.45) is 5.73 Å². The normalized spacial score (nSPS) is 9.33. The van der Waals surface area contributed by atoms with E-state index in [4.69, 9.17) is 5.73 Å². The Balaban J connectivity index is 2.91. The number of primary amides is 1. The van der Waals surface area contributed by atoms with Gasteiger partial charge in [-0.05, 0) is 11.5 Å². The van der Waals surface area contributed by atoms with Crippen LogP contribution in [-0.2, 0) is 0 Å². The van der Waals surface area contributed by atoms with Crippen LogP contribution in [0.3, 0.4) is 0 Å². The molecule has 64 valence electrons. The minimum absolute atomic E-state index is 0.113. The van der Waals surface area contributed by atoms with Gasteiger partial charge in [-0.1, -0.05) is 0 Å². The van der Waals surface area contributed by atoms with Gasteiger partial charge in [0, 0.05) is 0 Å². The van der Waals surface area contributed by atoms with E-state index in [9.17, 15) is 14.9 Å². The highest BCUT2D eigenvalue weighted by Crippen LogP contribution is 2.23. The first-order valence-electron chi connectivity index (χ1n) is 2.76. The van der Waals surface area contributed by atoms with Crippen molar-refractivity contribution in [3.8, 4) is 0 Å². The van der Waals surface area contributed by atoms with E-state index in [0.29, 0.717) is 0 Å². The van der Waals surface area contributed by atoms with Gasteiger partial charge in [0.1, 0.15) is 0 Å². The molecule has 12 heavy (non-hydrogen) atoms. The number of amides is 2. The Morgan fingerprint density at radius 1 is 1.83 bits per heavy atom. The van der Waals surface area contributed by atoms with Crippen molar-refractivity contribution in [3.05, 3.63) is 15.5 Å². The van der Waals surface area contributed by atoms with Crippen molar-refractivity contribution in [2.75, 3.05) is 5.32 Å². The van der Waals surface area contributed by atoms with Crippen LogP contribution < -0.4 is 11.1 Å². The van der Waals surface area contributed by atoms with Crippen LogP contribution in [-0.4, -0.2) is 15.3 Å². The fourth-order valence-electron chi connectivity index (χ4n) is 0.565. The van der Waals surface area contributed by atoms with Crippen LogP contribution >= 0.6 is 11.5 Å². The second-order valence-electron chi connectivity index (χ2n) is 1.79. The topological polar surface area (TPSA) is 111 Å². The summed E-state index contributed by atoms with van der Waals surface area (Å²) in [7, 11) is 0. The molecule has 0 aliphatic rings. The van der Waals surface area contributed by atoms with Crippen LogP contribution in [0, 0.1) is 10.1 Å². The highest BCUT2D eigenvalue weighted by atomic mass is 32.1. The molecule has 0 aromatic carbocycles. The maximum Gasteiger partial charge on any atom is 0.324 e. The zero-order valence-electron chi connectivity index (χ0n) is 5.68. The highest BCUT2D eigenvalue weighted by Gasteiger charge is 2.17.